The largest absolute Gasteiger partial charge is 0.372 e. The van der Waals surface area contributed by atoms with E-state index in [9.17, 15) is 0 Å². The third-order valence-electron chi connectivity index (χ3n) is 3.88. The fourth-order valence-electron chi connectivity index (χ4n) is 2.74. The van der Waals surface area contributed by atoms with Crippen molar-refractivity contribution in [2.45, 2.75) is 32.6 Å². The molecule has 0 fully saturated rings. The molecule has 1 atom stereocenters. The molecule has 3 rings (SSSR count). The van der Waals surface area contributed by atoms with Crippen LogP contribution < -0.4 is 5.32 Å². The van der Waals surface area contributed by atoms with Crippen molar-refractivity contribution in [2.75, 3.05) is 6.54 Å². The molecule has 0 bridgehead atoms. The highest BCUT2D eigenvalue weighted by atomic mass is 79.9. The van der Waals surface area contributed by atoms with Gasteiger partial charge >= 0.3 is 0 Å². The molecule has 2 nitrogen and oxygen atoms in total. The maximum absolute atomic E-state index is 5.53. The van der Waals surface area contributed by atoms with Crippen molar-refractivity contribution < 1.29 is 4.74 Å². The molecule has 0 saturated carbocycles. The zero-order valence-corrected chi connectivity index (χ0v) is 13.8. The van der Waals surface area contributed by atoms with Gasteiger partial charge in [0, 0.05) is 4.47 Å². The van der Waals surface area contributed by atoms with Crippen molar-refractivity contribution in [3.63, 3.8) is 0 Å². The van der Waals surface area contributed by atoms with Crippen LogP contribution in [0.25, 0.3) is 0 Å². The van der Waals surface area contributed by atoms with Crippen LogP contribution in [0.4, 0.5) is 0 Å². The molecule has 0 aromatic heterocycles. The number of hydrogen-bond donors (Lipinski definition) is 1. The smallest absolute Gasteiger partial charge is 0.0725 e. The number of rotatable bonds is 5. The van der Waals surface area contributed by atoms with Gasteiger partial charge in [-0.3, -0.25) is 0 Å². The standard InChI is InChI=1S/C18H20BrNO/c1-2-9-20-18(13-5-7-17(19)8-6-13)14-3-4-15-11-21-12-16(15)10-14/h3-8,10,18,20H,2,9,11-12H2,1H3. The molecule has 0 radical (unpaired) electrons. The summed E-state index contributed by atoms with van der Waals surface area (Å²) in [5, 5.41) is 3.66. The van der Waals surface area contributed by atoms with Gasteiger partial charge in [0.25, 0.3) is 0 Å². The van der Waals surface area contributed by atoms with Crippen LogP contribution >= 0.6 is 15.9 Å². The molecule has 21 heavy (non-hydrogen) atoms. The summed E-state index contributed by atoms with van der Waals surface area (Å²) >= 11 is 3.51. The van der Waals surface area contributed by atoms with Crippen LogP contribution in [0.5, 0.6) is 0 Å². The van der Waals surface area contributed by atoms with Crippen LogP contribution in [0.15, 0.2) is 46.9 Å². The molecule has 1 N–H and O–H groups in total. The molecule has 0 amide bonds. The summed E-state index contributed by atoms with van der Waals surface area (Å²) in [6, 6.07) is 15.5. The minimum absolute atomic E-state index is 0.240. The summed E-state index contributed by atoms with van der Waals surface area (Å²) in [5.41, 5.74) is 5.26. The molecule has 1 aliphatic rings. The second-order valence-electron chi connectivity index (χ2n) is 5.46. The molecular weight excluding hydrogens is 326 g/mol. The van der Waals surface area contributed by atoms with Crippen LogP contribution in [-0.4, -0.2) is 6.54 Å². The molecule has 110 valence electrons. The van der Waals surface area contributed by atoms with Crippen LogP contribution in [0.3, 0.4) is 0 Å². The zero-order valence-electron chi connectivity index (χ0n) is 12.2. The minimum Gasteiger partial charge on any atom is -0.372 e. The summed E-state index contributed by atoms with van der Waals surface area (Å²) < 4.78 is 6.64. The molecule has 1 unspecified atom stereocenters. The van der Waals surface area contributed by atoms with Crippen molar-refractivity contribution in [3.05, 3.63) is 69.2 Å². The van der Waals surface area contributed by atoms with Crippen molar-refractivity contribution in [1.82, 2.24) is 5.32 Å². The van der Waals surface area contributed by atoms with E-state index in [-0.39, 0.29) is 6.04 Å². The fourth-order valence-corrected chi connectivity index (χ4v) is 3.01. The second-order valence-corrected chi connectivity index (χ2v) is 6.38. The molecule has 2 aromatic carbocycles. The van der Waals surface area contributed by atoms with Crippen LogP contribution in [0, 0.1) is 0 Å². The Hall–Kier alpha value is -1.16. The molecule has 1 heterocycles. The quantitative estimate of drug-likeness (QED) is 0.856. The van der Waals surface area contributed by atoms with Gasteiger partial charge in [0.05, 0.1) is 19.3 Å². The summed E-state index contributed by atoms with van der Waals surface area (Å²) in [6.07, 6.45) is 1.13. The van der Waals surface area contributed by atoms with E-state index in [1.54, 1.807) is 0 Å². The third kappa shape index (κ3) is 3.37. The fraction of sp³-hybridized carbons (Fsp3) is 0.333. The van der Waals surface area contributed by atoms with Gasteiger partial charge in [0.1, 0.15) is 0 Å². The summed E-state index contributed by atoms with van der Waals surface area (Å²) in [5.74, 6) is 0. The Kier molecular flexibility index (Phi) is 4.73. The third-order valence-corrected chi connectivity index (χ3v) is 4.41. The molecular formula is C18H20BrNO. The van der Waals surface area contributed by atoms with Gasteiger partial charge < -0.3 is 10.1 Å². The normalized spacial score (nSPS) is 15.0. The molecule has 0 spiro atoms. The highest BCUT2D eigenvalue weighted by Crippen LogP contribution is 2.28. The Labute approximate surface area is 134 Å². The topological polar surface area (TPSA) is 21.3 Å². The Morgan fingerprint density at radius 2 is 1.76 bits per heavy atom. The Balaban J connectivity index is 1.93. The average Bonchev–Trinajstić information content (AvgIpc) is 2.97. The van der Waals surface area contributed by atoms with Crippen LogP contribution in [-0.2, 0) is 18.0 Å². The average molecular weight is 346 g/mol. The lowest BCUT2D eigenvalue weighted by molar-refractivity contribution is 0.134. The first kappa shape index (κ1) is 14.8. The van der Waals surface area contributed by atoms with Gasteiger partial charge in [0.15, 0.2) is 0 Å². The second kappa shape index (κ2) is 6.73. The van der Waals surface area contributed by atoms with Crippen molar-refractivity contribution >= 4 is 15.9 Å². The number of hydrogen-bond acceptors (Lipinski definition) is 2. The van der Waals surface area contributed by atoms with E-state index in [1.165, 1.54) is 22.3 Å². The number of fused-ring (bicyclic) bond motifs is 1. The van der Waals surface area contributed by atoms with Crippen molar-refractivity contribution in [1.29, 1.82) is 0 Å². The predicted octanol–water partition coefficient (Wildman–Crippen LogP) is 4.57. The lowest BCUT2D eigenvalue weighted by Crippen LogP contribution is -2.23. The van der Waals surface area contributed by atoms with E-state index in [4.69, 9.17) is 4.74 Å². The van der Waals surface area contributed by atoms with Gasteiger partial charge in [-0.05, 0) is 47.4 Å². The number of ether oxygens (including phenoxy) is 1. The molecule has 3 heteroatoms. The number of benzene rings is 2. The van der Waals surface area contributed by atoms with E-state index in [1.807, 2.05) is 0 Å². The Bertz CT molecular complexity index is 609. The van der Waals surface area contributed by atoms with E-state index in [0.29, 0.717) is 0 Å². The van der Waals surface area contributed by atoms with Gasteiger partial charge in [0.2, 0.25) is 0 Å². The first-order valence-corrected chi connectivity index (χ1v) is 8.25. The van der Waals surface area contributed by atoms with E-state index < -0.39 is 0 Å². The van der Waals surface area contributed by atoms with Crippen LogP contribution in [0.2, 0.25) is 0 Å². The zero-order chi connectivity index (χ0) is 14.7. The minimum atomic E-state index is 0.240. The lowest BCUT2D eigenvalue weighted by Gasteiger charge is -2.20. The van der Waals surface area contributed by atoms with Crippen molar-refractivity contribution in [3.8, 4) is 0 Å². The van der Waals surface area contributed by atoms with E-state index in [0.717, 1.165) is 30.7 Å². The lowest BCUT2D eigenvalue weighted by atomic mass is 9.95. The van der Waals surface area contributed by atoms with Gasteiger partial charge in [-0.15, -0.1) is 0 Å². The van der Waals surface area contributed by atoms with E-state index >= 15 is 0 Å². The molecule has 1 aliphatic heterocycles. The first-order valence-electron chi connectivity index (χ1n) is 7.46. The summed E-state index contributed by atoms with van der Waals surface area (Å²) in [4.78, 5) is 0. The highest BCUT2D eigenvalue weighted by Gasteiger charge is 2.17. The van der Waals surface area contributed by atoms with Gasteiger partial charge in [-0.25, -0.2) is 0 Å². The van der Waals surface area contributed by atoms with E-state index in [2.05, 4.69) is 70.6 Å². The molecule has 0 saturated heterocycles. The Morgan fingerprint density at radius 3 is 2.52 bits per heavy atom. The van der Waals surface area contributed by atoms with Gasteiger partial charge in [-0.2, -0.15) is 0 Å². The number of nitrogens with one attached hydrogen (secondary N) is 1. The van der Waals surface area contributed by atoms with Gasteiger partial charge in [-0.1, -0.05) is 53.2 Å². The summed E-state index contributed by atoms with van der Waals surface area (Å²) in [6.45, 7) is 4.70. The first-order chi connectivity index (χ1) is 10.3. The number of halogens is 1. The summed E-state index contributed by atoms with van der Waals surface area (Å²) in [7, 11) is 0. The van der Waals surface area contributed by atoms with Crippen LogP contribution in [0.1, 0.15) is 41.6 Å². The molecule has 0 aliphatic carbocycles. The molecule has 2 aromatic rings. The monoisotopic (exact) mass is 345 g/mol. The van der Waals surface area contributed by atoms with Crippen molar-refractivity contribution in [2.24, 2.45) is 0 Å². The SMILES string of the molecule is CCCNC(c1ccc(Br)cc1)c1ccc2c(c1)COC2. The maximum atomic E-state index is 5.53. The maximum Gasteiger partial charge on any atom is 0.0725 e. The predicted molar refractivity (Wildman–Crippen MR) is 89.2 cm³/mol. The Morgan fingerprint density at radius 1 is 1.05 bits per heavy atom. The highest BCUT2D eigenvalue weighted by molar-refractivity contribution is 9.10.